The number of thioether (sulfide) groups is 1. The molecule has 1 aromatic carbocycles. The average molecular weight is 441 g/mol. The summed E-state index contributed by atoms with van der Waals surface area (Å²) >= 11 is 7.04. The van der Waals surface area contributed by atoms with Gasteiger partial charge in [-0.2, -0.15) is 0 Å². The minimum absolute atomic E-state index is 0.0193. The Morgan fingerprint density at radius 3 is 2.97 bits per heavy atom. The monoisotopic (exact) mass is 440 g/mol. The van der Waals surface area contributed by atoms with Gasteiger partial charge in [0, 0.05) is 12.6 Å². The van der Waals surface area contributed by atoms with Gasteiger partial charge in [0.15, 0.2) is 0 Å². The highest BCUT2D eigenvalue weighted by Crippen LogP contribution is 2.23. The van der Waals surface area contributed by atoms with Crippen molar-refractivity contribution in [3.8, 4) is 0 Å². The maximum absolute atomic E-state index is 13.8. The number of rotatable bonds is 7. The minimum atomic E-state index is -0.710. The highest BCUT2D eigenvalue weighted by Gasteiger charge is 2.25. The molecule has 0 bridgehead atoms. The van der Waals surface area contributed by atoms with Gasteiger partial charge in [0.1, 0.15) is 5.82 Å². The summed E-state index contributed by atoms with van der Waals surface area (Å²) in [6.45, 7) is 2.81. The fourth-order valence-electron chi connectivity index (χ4n) is 3.29. The molecule has 0 spiro atoms. The molecule has 1 N–H and O–H groups in total. The van der Waals surface area contributed by atoms with Gasteiger partial charge in [0.05, 0.1) is 22.9 Å². The van der Waals surface area contributed by atoms with Gasteiger partial charge >= 0.3 is 0 Å². The average Bonchev–Trinajstić information content (AvgIpc) is 3.18. The molecular formula is C19H22ClFN4O3S. The lowest BCUT2D eigenvalue weighted by Gasteiger charge is -2.35. The molecule has 1 aliphatic heterocycles. The molecule has 10 heteroatoms. The van der Waals surface area contributed by atoms with Gasteiger partial charge in [-0.15, -0.1) is 10.2 Å². The van der Waals surface area contributed by atoms with E-state index >= 15 is 0 Å². The summed E-state index contributed by atoms with van der Waals surface area (Å²) in [5.74, 6) is -0.950. The van der Waals surface area contributed by atoms with E-state index in [1.165, 1.54) is 23.9 Å². The molecule has 2 heterocycles. The number of nitrogens with zero attached hydrogens (tertiary/aromatic N) is 3. The van der Waals surface area contributed by atoms with Crippen molar-refractivity contribution in [2.45, 2.75) is 50.4 Å². The minimum Gasteiger partial charge on any atom is -0.414 e. The van der Waals surface area contributed by atoms with E-state index in [0.29, 0.717) is 6.04 Å². The van der Waals surface area contributed by atoms with Crippen LogP contribution in [0.2, 0.25) is 5.02 Å². The van der Waals surface area contributed by atoms with E-state index in [4.69, 9.17) is 16.0 Å². The van der Waals surface area contributed by atoms with Crippen LogP contribution in [0.4, 0.5) is 4.39 Å². The standard InChI is InChI=1S/C19H22ClFN4O3S/c1-2-12-6-3-4-9-25(12)16(26)11-29-19-24-23-15(28-19)10-22-18(27)17-13(20)7-5-8-14(17)21/h5,7-8,12H,2-4,6,9-11H2,1H3,(H,22,27)/t12-/m0/s1. The first-order chi connectivity index (χ1) is 14.0. The van der Waals surface area contributed by atoms with Crippen LogP contribution >= 0.6 is 23.4 Å². The van der Waals surface area contributed by atoms with Crippen LogP contribution in [-0.2, 0) is 11.3 Å². The highest BCUT2D eigenvalue weighted by atomic mass is 35.5. The molecule has 0 unspecified atom stereocenters. The third kappa shape index (κ3) is 5.48. The number of hydrogen-bond acceptors (Lipinski definition) is 6. The van der Waals surface area contributed by atoms with Crippen LogP contribution < -0.4 is 5.32 Å². The molecule has 156 valence electrons. The normalized spacial score (nSPS) is 16.7. The highest BCUT2D eigenvalue weighted by molar-refractivity contribution is 7.99. The van der Waals surface area contributed by atoms with E-state index < -0.39 is 11.7 Å². The van der Waals surface area contributed by atoms with E-state index in [-0.39, 0.29) is 39.9 Å². The zero-order valence-electron chi connectivity index (χ0n) is 16.0. The van der Waals surface area contributed by atoms with Crippen LogP contribution in [0.15, 0.2) is 27.8 Å². The number of halogens is 2. The molecule has 1 fully saturated rings. The van der Waals surface area contributed by atoms with Crippen molar-refractivity contribution in [2.75, 3.05) is 12.3 Å². The smallest absolute Gasteiger partial charge is 0.277 e. The largest absolute Gasteiger partial charge is 0.414 e. The number of carbonyl (C=O) groups is 2. The van der Waals surface area contributed by atoms with Crippen LogP contribution in [0, 0.1) is 5.82 Å². The summed E-state index contributed by atoms with van der Waals surface area (Å²) in [5, 5.41) is 10.5. The summed E-state index contributed by atoms with van der Waals surface area (Å²) in [4.78, 5) is 26.6. The van der Waals surface area contributed by atoms with Crippen molar-refractivity contribution < 1.29 is 18.4 Å². The number of aromatic nitrogens is 2. The van der Waals surface area contributed by atoms with E-state index in [1.54, 1.807) is 0 Å². The first-order valence-electron chi connectivity index (χ1n) is 9.46. The van der Waals surface area contributed by atoms with Gasteiger partial charge < -0.3 is 14.6 Å². The lowest BCUT2D eigenvalue weighted by molar-refractivity contribution is -0.132. The fourth-order valence-corrected chi connectivity index (χ4v) is 4.20. The fraction of sp³-hybridized carbons (Fsp3) is 0.474. The number of carbonyl (C=O) groups excluding carboxylic acids is 2. The number of hydrogen-bond donors (Lipinski definition) is 1. The Labute approximate surface area is 177 Å². The predicted octanol–water partition coefficient (Wildman–Crippen LogP) is 3.68. The molecule has 0 aliphatic carbocycles. The van der Waals surface area contributed by atoms with Crippen LogP contribution in [0.5, 0.6) is 0 Å². The van der Waals surface area contributed by atoms with Gasteiger partial charge in [0.25, 0.3) is 11.1 Å². The number of amides is 2. The second-order valence-corrected chi connectivity index (χ2v) is 8.01. The summed E-state index contributed by atoms with van der Waals surface area (Å²) in [6, 6.07) is 4.31. The number of nitrogens with one attached hydrogen (secondary N) is 1. The van der Waals surface area contributed by atoms with Crippen molar-refractivity contribution in [3.05, 3.63) is 40.5 Å². The summed E-state index contributed by atoms with van der Waals surface area (Å²) in [7, 11) is 0. The van der Waals surface area contributed by atoms with Crippen molar-refractivity contribution in [1.29, 1.82) is 0 Å². The summed E-state index contributed by atoms with van der Waals surface area (Å²) < 4.78 is 19.2. The van der Waals surface area contributed by atoms with Gasteiger partial charge in [0.2, 0.25) is 11.8 Å². The number of piperidine rings is 1. The number of benzene rings is 1. The molecule has 0 saturated carbocycles. The predicted molar refractivity (Wildman–Crippen MR) is 107 cm³/mol. The van der Waals surface area contributed by atoms with Crippen LogP contribution in [-0.4, -0.2) is 45.3 Å². The van der Waals surface area contributed by atoms with Gasteiger partial charge in [-0.3, -0.25) is 9.59 Å². The molecule has 1 saturated heterocycles. The Kier molecular flexibility index (Phi) is 7.49. The summed E-state index contributed by atoms with van der Waals surface area (Å²) in [6.07, 6.45) is 4.19. The van der Waals surface area contributed by atoms with Crippen LogP contribution in [0.25, 0.3) is 0 Å². The van der Waals surface area contributed by atoms with Crippen molar-refractivity contribution >= 4 is 35.2 Å². The molecular weight excluding hydrogens is 419 g/mol. The lowest BCUT2D eigenvalue weighted by Crippen LogP contribution is -2.44. The Bertz CT molecular complexity index is 859. The second-order valence-electron chi connectivity index (χ2n) is 6.67. The topological polar surface area (TPSA) is 88.3 Å². The van der Waals surface area contributed by atoms with Crippen LogP contribution in [0.1, 0.15) is 48.9 Å². The van der Waals surface area contributed by atoms with E-state index in [0.717, 1.165) is 38.3 Å². The first kappa shape index (κ1) is 21.6. The molecule has 2 aromatic rings. The Hall–Kier alpha value is -2.13. The van der Waals surface area contributed by atoms with E-state index in [9.17, 15) is 14.0 Å². The third-order valence-electron chi connectivity index (χ3n) is 4.78. The molecule has 1 aliphatic rings. The zero-order valence-corrected chi connectivity index (χ0v) is 17.6. The van der Waals surface area contributed by atoms with Gasteiger partial charge in [-0.25, -0.2) is 4.39 Å². The van der Waals surface area contributed by atoms with Crippen molar-refractivity contribution in [2.24, 2.45) is 0 Å². The SMILES string of the molecule is CC[C@H]1CCCCN1C(=O)CSc1nnc(CNC(=O)c2c(F)cccc2Cl)o1. The second kappa shape index (κ2) is 10.1. The van der Waals surface area contributed by atoms with Crippen molar-refractivity contribution in [3.63, 3.8) is 0 Å². The van der Waals surface area contributed by atoms with Crippen molar-refractivity contribution in [1.82, 2.24) is 20.4 Å². The van der Waals surface area contributed by atoms with Gasteiger partial charge in [-0.05, 0) is 37.8 Å². The molecule has 7 nitrogen and oxygen atoms in total. The van der Waals surface area contributed by atoms with Crippen LogP contribution in [0.3, 0.4) is 0 Å². The molecule has 3 rings (SSSR count). The zero-order chi connectivity index (χ0) is 20.8. The molecule has 1 atom stereocenters. The molecule has 1 aromatic heterocycles. The Morgan fingerprint density at radius 2 is 2.21 bits per heavy atom. The Morgan fingerprint density at radius 1 is 1.38 bits per heavy atom. The van der Waals surface area contributed by atoms with E-state index in [1.807, 2.05) is 4.90 Å². The third-order valence-corrected chi connectivity index (χ3v) is 5.89. The summed E-state index contributed by atoms with van der Waals surface area (Å²) in [5.41, 5.74) is -0.235. The number of likely N-dealkylation sites (tertiary alicyclic amines) is 1. The Balaban J connectivity index is 1.50. The maximum Gasteiger partial charge on any atom is 0.277 e. The first-order valence-corrected chi connectivity index (χ1v) is 10.8. The quantitative estimate of drug-likeness (QED) is 0.661. The lowest BCUT2D eigenvalue weighted by atomic mass is 10.0. The molecule has 2 amide bonds. The van der Waals surface area contributed by atoms with Gasteiger partial charge in [-0.1, -0.05) is 36.4 Å². The van der Waals surface area contributed by atoms with E-state index in [2.05, 4.69) is 22.4 Å². The maximum atomic E-state index is 13.8. The molecule has 29 heavy (non-hydrogen) atoms. The molecule has 0 radical (unpaired) electrons.